The molecule has 2 heteroatoms. The third-order valence-corrected chi connectivity index (χ3v) is 10.8. The Labute approximate surface area is 309 Å². The van der Waals surface area contributed by atoms with Gasteiger partial charge < -0.3 is 9.47 Å². The second kappa shape index (κ2) is 12.7. The molecular weight excluding hydrogens is 641 g/mol. The summed E-state index contributed by atoms with van der Waals surface area (Å²) in [5.41, 5.74) is 13.2. The molecule has 250 valence electrons. The van der Waals surface area contributed by atoms with Gasteiger partial charge in [-0.1, -0.05) is 164 Å². The topological polar surface area (TPSA) is 8.17 Å². The zero-order valence-corrected chi connectivity index (χ0v) is 29.4. The summed E-state index contributed by atoms with van der Waals surface area (Å²) in [7, 11) is 2.22. The van der Waals surface area contributed by atoms with Crippen molar-refractivity contribution in [3.8, 4) is 33.4 Å². The van der Waals surface area contributed by atoms with Gasteiger partial charge in [-0.2, -0.15) is 0 Å². The molecule has 53 heavy (non-hydrogen) atoms. The van der Waals surface area contributed by atoms with Gasteiger partial charge in [-0.3, -0.25) is 0 Å². The van der Waals surface area contributed by atoms with Crippen molar-refractivity contribution in [2.24, 2.45) is 7.05 Å². The van der Waals surface area contributed by atoms with Crippen molar-refractivity contribution in [3.05, 3.63) is 200 Å². The molecule has 0 aliphatic rings. The molecule has 0 bridgehead atoms. The normalized spacial score (nSPS) is 11.5. The van der Waals surface area contributed by atoms with Crippen LogP contribution in [0.3, 0.4) is 0 Å². The van der Waals surface area contributed by atoms with Crippen molar-refractivity contribution in [1.29, 1.82) is 0 Å². The zero-order valence-electron chi connectivity index (χ0n) is 29.4. The van der Waals surface area contributed by atoms with Gasteiger partial charge >= 0.3 is 0 Å². The van der Waals surface area contributed by atoms with Crippen LogP contribution in [0, 0.1) is 0 Å². The molecule has 0 atom stereocenters. The average Bonchev–Trinajstić information content (AvgIpc) is 3.55. The number of anilines is 3. The van der Waals surface area contributed by atoms with E-state index in [2.05, 4.69) is 217 Å². The number of rotatable bonds is 6. The van der Waals surface area contributed by atoms with E-state index in [1.807, 2.05) is 0 Å². The minimum absolute atomic E-state index is 1.12. The quantitative estimate of drug-likeness (QED) is 0.159. The fraction of sp³-hybridized carbons (Fsp3) is 0.0196. The smallest absolute Gasteiger partial charge is 0.0575 e. The number of aromatic nitrogens is 1. The largest absolute Gasteiger partial charge is 0.343 e. The Bertz CT molecular complexity index is 2920. The highest BCUT2D eigenvalue weighted by Crippen LogP contribution is 2.43. The van der Waals surface area contributed by atoms with E-state index in [9.17, 15) is 0 Å². The Morgan fingerprint density at radius 3 is 1.51 bits per heavy atom. The van der Waals surface area contributed by atoms with E-state index in [1.54, 1.807) is 0 Å². The van der Waals surface area contributed by atoms with Crippen LogP contribution in [0.1, 0.15) is 0 Å². The maximum absolute atomic E-state index is 2.41. The highest BCUT2D eigenvalue weighted by molar-refractivity contribution is 6.32. The Morgan fingerprint density at radius 1 is 0.321 bits per heavy atom. The summed E-state index contributed by atoms with van der Waals surface area (Å²) >= 11 is 0. The highest BCUT2D eigenvalue weighted by Gasteiger charge is 2.19. The molecule has 9 aromatic carbocycles. The number of fused-ring (bicyclic) bond motifs is 8. The molecular formula is C51H36N2. The molecule has 0 N–H and O–H groups in total. The predicted octanol–water partition coefficient (Wildman–Crippen LogP) is 14.1. The molecule has 1 heterocycles. The summed E-state index contributed by atoms with van der Waals surface area (Å²) < 4.78 is 2.41. The lowest BCUT2D eigenvalue weighted by Crippen LogP contribution is -2.09. The van der Waals surface area contributed by atoms with E-state index < -0.39 is 0 Å². The minimum atomic E-state index is 1.12. The van der Waals surface area contributed by atoms with Crippen LogP contribution in [0.4, 0.5) is 17.1 Å². The van der Waals surface area contributed by atoms with Gasteiger partial charge in [-0.05, 0) is 80.4 Å². The van der Waals surface area contributed by atoms with E-state index in [-0.39, 0.29) is 0 Å². The summed E-state index contributed by atoms with van der Waals surface area (Å²) in [6.07, 6.45) is 0. The first-order chi connectivity index (χ1) is 26.2. The molecule has 10 rings (SSSR count). The van der Waals surface area contributed by atoms with Crippen LogP contribution in [-0.4, -0.2) is 4.57 Å². The fourth-order valence-electron chi connectivity index (χ4n) is 8.32. The molecule has 10 aromatic rings. The number of hydrogen-bond donors (Lipinski definition) is 0. The molecule has 0 aliphatic heterocycles. The second-order valence-electron chi connectivity index (χ2n) is 13.8. The highest BCUT2D eigenvalue weighted by atomic mass is 15.1. The van der Waals surface area contributed by atoms with Crippen LogP contribution in [-0.2, 0) is 7.05 Å². The molecule has 0 radical (unpaired) electrons. The average molecular weight is 677 g/mol. The lowest BCUT2D eigenvalue weighted by Gasteiger charge is -2.26. The Morgan fingerprint density at radius 2 is 0.792 bits per heavy atom. The van der Waals surface area contributed by atoms with Gasteiger partial charge in [0, 0.05) is 45.8 Å². The van der Waals surface area contributed by atoms with Crippen molar-refractivity contribution in [3.63, 3.8) is 0 Å². The molecule has 0 saturated heterocycles. The van der Waals surface area contributed by atoms with Crippen LogP contribution < -0.4 is 4.90 Å². The Hall–Kier alpha value is -6.90. The van der Waals surface area contributed by atoms with E-state index in [4.69, 9.17) is 0 Å². The second-order valence-corrected chi connectivity index (χ2v) is 13.8. The summed E-state index contributed by atoms with van der Waals surface area (Å²) in [6.45, 7) is 0. The monoisotopic (exact) mass is 676 g/mol. The fourth-order valence-corrected chi connectivity index (χ4v) is 8.32. The lowest BCUT2D eigenvalue weighted by atomic mass is 9.95. The summed E-state index contributed by atoms with van der Waals surface area (Å²) in [5.74, 6) is 0. The van der Waals surface area contributed by atoms with Crippen LogP contribution in [0.15, 0.2) is 200 Å². The van der Waals surface area contributed by atoms with Gasteiger partial charge in [0.05, 0.1) is 11.0 Å². The van der Waals surface area contributed by atoms with Gasteiger partial charge in [0.25, 0.3) is 0 Å². The number of hydrogen-bond acceptors (Lipinski definition) is 1. The first-order valence-electron chi connectivity index (χ1n) is 18.2. The summed E-state index contributed by atoms with van der Waals surface area (Å²) in [5, 5.41) is 7.81. The van der Waals surface area contributed by atoms with E-state index in [0.717, 1.165) is 17.1 Å². The minimum Gasteiger partial charge on any atom is -0.343 e. The molecule has 0 fully saturated rings. The van der Waals surface area contributed by atoms with Crippen LogP contribution in [0.25, 0.3) is 76.7 Å². The summed E-state index contributed by atoms with van der Waals surface area (Å²) in [6, 6.07) is 72.4. The van der Waals surface area contributed by atoms with Crippen molar-refractivity contribution < 1.29 is 0 Å². The maximum atomic E-state index is 2.41. The molecule has 0 spiro atoms. The predicted molar refractivity (Wildman–Crippen MR) is 226 cm³/mol. The van der Waals surface area contributed by atoms with Crippen molar-refractivity contribution in [2.75, 3.05) is 4.90 Å². The molecule has 1 aromatic heterocycles. The summed E-state index contributed by atoms with van der Waals surface area (Å²) in [4.78, 5) is 2.33. The van der Waals surface area contributed by atoms with Crippen LogP contribution in [0.5, 0.6) is 0 Å². The number of aryl methyl sites for hydroxylation is 1. The molecule has 0 aliphatic carbocycles. The Balaban J connectivity index is 1.03. The lowest BCUT2D eigenvalue weighted by molar-refractivity contribution is 1.02. The van der Waals surface area contributed by atoms with Crippen LogP contribution in [0.2, 0.25) is 0 Å². The standard InChI is InChI=1S/C51H36N2/c1-52-50-43(24-13-25-48(50)49-46-22-10-8-20-44(46)45-21-9-11-23-47(45)51(49)52)38-28-26-36(27-29-38)37-30-32-41(33-31-37)53(40-17-6-3-7-18-40)42-19-12-16-39(34-42)35-14-4-2-5-15-35/h2-34H,1H3. The molecule has 2 nitrogen and oxygen atoms in total. The van der Waals surface area contributed by atoms with Gasteiger partial charge in [0.1, 0.15) is 0 Å². The van der Waals surface area contributed by atoms with Gasteiger partial charge in [-0.25, -0.2) is 0 Å². The van der Waals surface area contributed by atoms with Crippen molar-refractivity contribution in [2.45, 2.75) is 0 Å². The van der Waals surface area contributed by atoms with Crippen molar-refractivity contribution >= 4 is 60.4 Å². The number of para-hydroxylation sites is 2. The zero-order chi connectivity index (χ0) is 35.3. The Kier molecular flexibility index (Phi) is 7.40. The number of benzene rings is 9. The third-order valence-electron chi connectivity index (χ3n) is 10.8. The third kappa shape index (κ3) is 5.19. The van der Waals surface area contributed by atoms with Crippen molar-refractivity contribution in [1.82, 2.24) is 4.57 Å². The van der Waals surface area contributed by atoms with Crippen LogP contribution >= 0.6 is 0 Å². The first-order valence-corrected chi connectivity index (χ1v) is 18.2. The molecule has 0 amide bonds. The first kappa shape index (κ1) is 30.9. The van der Waals surface area contributed by atoms with Gasteiger partial charge in [-0.15, -0.1) is 0 Å². The van der Waals surface area contributed by atoms with E-state index in [1.165, 1.54) is 76.7 Å². The van der Waals surface area contributed by atoms with E-state index in [0.29, 0.717) is 0 Å². The molecule has 0 unspecified atom stereocenters. The molecule has 0 saturated carbocycles. The van der Waals surface area contributed by atoms with E-state index >= 15 is 0 Å². The van der Waals surface area contributed by atoms with Gasteiger partial charge in [0.15, 0.2) is 0 Å². The number of nitrogens with zero attached hydrogens (tertiary/aromatic N) is 2. The SMILES string of the molecule is Cn1c2c(-c3ccc(-c4ccc(N(c5ccccc5)c5cccc(-c6ccccc6)c5)cc4)cc3)cccc2c2c3ccccc3c3ccccc3c21. The van der Waals surface area contributed by atoms with Gasteiger partial charge in [0.2, 0.25) is 0 Å². The maximum Gasteiger partial charge on any atom is 0.0575 e.